The van der Waals surface area contributed by atoms with E-state index in [0.717, 1.165) is 5.69 Å². The second kappa shape index (κ2) is 7.72. The smallest absolute Gasteiger partial charge is 0.279 e. The standard InChI is InChI=1S/C20H20N2O5S2/c1-26-15-8-13(9-16(10-15)27-2)19(23)21-20-22(14-6-4-3-5-7-14)17-11-29(24,25)12-18(17)28-20/h3-10,17-18H,11-12H2,1-2H3. The number of anilines is 1. The molecule has 4 rings (SSSR count). The Morgan fingerprint density at radius 2 is 1.72 bits per heavy atom. The van der Waals surface area contributed by atoms with Gasteiger partial charge in [-0.1, -0.05) is 30.0 Å². The molecule has 2 fully saturated rings. The highest BCUT2D eigenvalue weighted by atomic mass is 32.2. The van der Waals surface area contributed by atoms with E-state index in [1.54, 1.807) is 18.2 Å². The van der Waals surface area contributed by atoms with E-state index in [0.29, 0.717) is 22.2 Å². The summed E-state index contributed by atoms with van der Waals surface area (Å²) in [4.78, 5) is 19.1. The number of ether oxygens (including phenoxy) is 2. The molecule has 2 aliphatic rings. The number of para-hydroxylation sites is 1. The van der Waals surface area contributed by atoms with Crippen molar-refractivity contribution in [2.45, 2.75) is 11.3 Å². The van der Waals surface area contributed by atoms with Crippen molar-refractivity contribution in [3.05, 3.63) is 54.1 Å². The van der Waals surface area contributed by atoms with Crippen LogP contribution in [0.4, 0.5) is 5.69 Å². The van der Waals surface area contributed by atoms with Gasteiger partial charge in [0.2, 0.25) is 0 Å². The van der Waals surface area contributed by atoms with E-state index in [1.807, 2.05) is 35.2 Å². The zero-order valence-corrected chi connectivity index (χ0v) is 17.6. The minimum absolute atomic E-state index is 0.0553. The van der Waals surface area contributed by atoms with Gasteiger partial charge in [-0.15, -0.1) is 0 Å². The summed E-state index contributed by atoms with van der Waals surface area (Å²) < 4.78 is 34.7. The third kappa shape index (κ3) is 3.97. The van der Waals surface area contributed by atoms with Gasteiger partial charge in [0.1, 0.15) is 11.5 Å². The van der Waals surface area contributed by atoms with Gasteiger partial charge in [-0.25, -0.2) is 8.42 Å². The van der Waals surface area contributed by atoms with Gasteiger partial charge in [0, 0.05) is 22.6 Å². The van der Waals surface area contributed by atoms with Crippen LogP contribution in [0.1, 0.15) is 10.4 Å². The number of hydrogen-bond donors (Lipinski definition) is 0. The Kier molecular flexibility index (Phi) is 5.26. The third-order valence-corrected chi connectivity index (χ3v) is 8.11. The van der Waals surface area contributed by atoms with Crippen molar-refractivity contribution in [1.82, 2.24) is 0 Å². The molecule has 0 spiro atoms. The number of aliphatic imine (C=N–C) groups is 1. The maximum atomic E-state index is 12.9. The summed E-state index contributed by atoms with van der Waals surface area (Å²) >= 11 is 1.34. The number of carbonyl (C=O) groups is 1. The molecule has 2 atom stereocenters. The summed E-state index contributed by atoms with van der Waals surface area (Å²) in [6.07, 6.45) is 0. The van der Waals surface area contributed by atoms with E-state index in [9.17, 15) is 13.2 Å². The van der Waals surface area contributed by atoms with Crippen molar-refractivity contribution in [3.8, 4) is 11.5 Å². The first-order chi connectivity index (χ1) is 13.9. The van der Waals surface area contributed by atoms with Crippen LogP contribution < -0.4 is 14.4 Å². The Labute approximate surface area is 173 Å². The Bertz CT molecular complexity index is 1050. The number of rotatable bonds is 4. The monoisotopic (exact) mass is 432 g/mol. The number of hydrogen-bond acceptors (Lipinski definition) is 6. The van der Waals surface area contributed by atoms with Crippen LogP contribution in [0.5, 0.6) is 11.5 Å². The normalized spacial score (nSPS) is 23.8. The molecule has 2 unspecified atom stereocenters. The van der Waals surface area contributed by atoms with Gasteiger partial charge in [-0.3, -0.25) is 4.79 Å². The van der Waals surface area contributed by atoms with Crippen molar-refractivity contribution < 1.29 is 22.7 Å². The highest BCUT2D eigenvalue weighted by Gasteiger charge is 2.49. The highest BCUT2D eigenvalue weighted by molar-refractivity contribution is 8.16. The van der Waals surface area contributed by atoms with E-state index in [-0.39, 0.29) is 22.8 Å². The fourth-order valence-corrected chi connectivity index (χ4v) is 7.45. The second-order valence-corrected chi connectivity index (χ2v) is 10.2. The van der Waals surface area contributed by atoms with E-state index >= 15 is 0 Å². The molecule has 2 saturated heterocycles. The van der Waals surface area contributed by atoms with E-state index in [4.69, 9.17) is 9.47 Å². The van der Waals surface area contributed by atoms with Gasteiger partial charge in [-0.2, -0.15) is 4.99 Å². The first kappa shape index (κ1) is 19.8. The fourth-order valence-electron chi connectivity index (χ4n) is 3.54. The average molecular weight is 433 g/mol. The summed E-state index contributed by atoms with van der Waals surface area (Å²) in [5.41, 5.74) is 1.16. The zero-order chi connectivity index (χ0) is 20.6. The van der Waals surface area contributed by atoms with Crippen LogP contribution in [0.2, 0.25) is 0 Å². The number of fused-ring (bicyclic) bond motifs is 1. The number of amides is 1. The molecule has 2 aliphatic heterocycles. The molecule has 2 heterocycles. The van der Waals surface area contributed by atoms with Gasteiger partial charge in [0.25, 0.3) is 5.91 Å². The molecule has 0 N–H and O–H groups in total. The van der Waals surface area contributed by atoms with Crippen molar-refractivity contribution in [1.29, 1.82) is 0 Å². The second-order valence-electron chi connectivity index (χ2n) is 6.81. The minimum atomic E-state index is -3.10. The van der Waals surface area contributed by atoms with Crippen LogP contribution in [-0.2, 0) is 9.84 Å². The molecular weight excluding hydrogens is 412 g/mol. The lowest BCUT2D eigenvalue weighted by Gasteiger charge is -2.24. The Morgan fingerprint density at radius 3 is 2.34 bits per heavy atom. The lowest BCUT2D eigenvalue weighted by Crippen LogP contribution is -2.37. The molecule has 2 aromatic carbocycles. The average Bonchev–Trinajstić information content (AvgIpc) is 3.18. The Hall–Kier alpha value is -2.52. The number of sulfone groups is 1. The first-order valence-corrected chi connectivity index (χ1v) is 11.7. The number of thioether (sulfide) groups is 1. The largest absolute Gasteiger partial charge is 0.497 e. The maximum Gasteiger partial charge on any atom is 0.279 e. The molecule has 2 aromatic rings. The molecule has 152 valence electrons. The summed E-state index contributed by atoms with van der Waals surface area (Å²) in [6, 6.07) is 14.1. The lowest BCUT2D eigenvalue weighted by molar-refractivity contribution is 0.100. The summed E-state index contributed by atoms with van der Waals surface area (Å²) in [7, 11) is -0.0752. The van der Waals surface area contributed by atoms with E-state index in [1.165, 1.54) is 26.0 Å². The first-order valence-electron chi connectivity index (χ1n) is 8.97. The van der Waals surface area contributed by atoms with Gasteiger partial charge in [-0.05, 0) is 24.3 Å². The van der Waals surface area contributed by atoms with Crippen molar-refractivity contribution in [2.75, 3.05) is 30.6 Å². The highest BCUT2D eigenvalue weighted by Crippen LogP contribution is 2.41. The molecule has 0 bridgehead atoms. The van der Waals surface area contributed by atoms with E-state index < -0.39 is 15.7 Å². The molecule has 0 radical (unpaired) electrons. The van der Waals surface area contributed by atoms with Gasteiger partial charge < -0.3 is 14.4 Å². The van der Waals surface area contributed by atoms with Crippen molar-refractivity contribution in [3.63, 3.8) is 0 Å². The lowest BCUT2D eigenvalue weighted by atomic mass is 10.2. The zero-order valence-electron chi connectivity index (χ0n) is 15.9. The molecule has 9 heteroatoms. The Morgan fingerprint density at radius 1 is 1.07 bits per heavy atom. The minimum Gasteiger partial charge on any atom is -0.497 e. The van der Waals surface area contributed by atoms with Crippen LogP contribution in [0.15, 0.2) is 53.5 Å². The van der Waals surface area contributed by atoms with Crippen LogP contribution in [-0.4, -0.2) is 56.5 Å². The van der Waals surface area contributed by atoms with Crippen LogP contribution >= 0.6 is 11.8 Å². The molecule has 0 saturated carbocycles. The molecule has 29 heavy (non-hydrogen) atoms. The summed E-state index contributed by atoms with van der Waals surface area (Å²) in [5.74, 6) is 0.698. The molecule has 0 aromatic heterocycles. The SMILES string of the molecule is COc1cc(OC)cc(C(=O)N=C2SC3CS(=O)(=O)CC3N2c2ccccc2)c1. The Balaban J connectivity index is 1.71. The van der Waals surface area contributed by atoms with Crippen LogP contribution in [0, 0.1) is 0 Å². The summed E-state index contributed by atoms with van der Waals surface area (Å²) in [5, 5.41) is 0.361. The quantitative estimate of drug-likeness (QED) is 0.734. The fraction of sp³-hybridized carbons (Fsp3) is 0.300. The predicted molar refractivity (Wildman–Crippen MR) is 114 cm³/mol. The number of carbonyl (C=O) groups excluding carboxylic acids is 1. The number of nitrogens with zero attached hydrogens (tertiary/aromatic N) is 2. The predicted octanol–water partition coefficient (Wildman–Crippen LogP) is 2.62. The molecule has 1 amide bonds. The maximum absolute atomic E-state index is 12.9. The molecule has 0 aliphatic carbocycles. The van der Waals surface area contributed by atoms with Crippen molar-refractivity contribution in [2.24, 2.45) is 4.99 Å². The van der Waals surface area contributed by atoms with Gasteiger partial charge in [0.05, 0.1) is 31.8 Å². The molecular formula is C20H20N2O5S2. The van der Waals surface area contributed by atoms with E-state index in [2.05, 4.69) is 4.99 Å². The van der Waals surface area contributed by atoms with Gasteiger partial charge in [0.15, 0.2) is 15.0 Å². The van der Waals surface area contributed by atoms with Gasteiger partial charge >= 0.3 is 0 Å². The van der Waals surface area contributed by atoms with Crippen molar-refractivity contribution >= 4 is 38.4 Å². The summed E-state index contributed by atoms with van der Waals surface area (Å²) in [6.45, 7) is 0. The topological polar surface area (TPSA) is 85.3 Å². The molecule has 7 nitrogen and oxygen atoms in total. The van der Waals surface area contributed by atoms with Crippen LogP contribution in [0.3, 0.4) is 0 Å². The number of amidine groups is 1. The number of methoxy groups -OCH3 is 2. The van der Waals surface area contributed by atoms with Crippen LogP contribution in [0.25, 0.3) is 0 Å². The third-order valence-electron chi connectivity index (χ3n) is 4.90. The number of benzene rings is 2.